The van der Waals surface area contributed by atoms with Gasteiger partial charge in [0.2, 0.25) is 6.79 Å². The van der Waals surface area contributed by atoms with Crippen molar-refractivity contribution in [2.45, 2.75) is 6.92 Å². The summed E-state index contributed by atoms with van der Waals surface area (Å²) in [5.74, 6) is -3.24. The molecule has 0 aliphatic carbocycles. The van der Waals surface area contributed by atoms with Crippen LogP contribution in [0.3, 0.4) is 0 Å². The predicted molar refractivity (Wildman–Crippen MR) is 119 cm³/mol. The summed E-state index contributed by atoms with van der Waals surface area (Å²) >= 11 is 7.01. The summed E-state index contributed by atoms with van der Waals surface area (Å²) in [6, 6.07) is 4.28. The zero-order valence-electron chi connectivity index (χ0n) is 17.7. The van der Waals surface area contributed by atoms with Gasteiger partial charge in [-0.05, 0) is 30.5 Å². The van der Waals surface area contributed by atoms with E-state index in [2.05, 4.69) is 4.74 Å². The van der Waals surface area contributed by atoms with Crippen LogP contribution in [0.5, 0.6) is 0 Å². The summed E-state index contributed by atoms with van der Waals surface area (Å²) in [5, 5.41) is 1.39. The van der Waals surface area contributed by atoms with Gasteiger partial charge in [0.1, 0.15) is 19.0 Å². The molecule has 34 heavy (non-hydrogen) atoms. The van der Waals surface area contributed by atoms with Crippen LogP contribution in [0, 0.1) is 5.82 Å². The molecule has 0 radical (unpaired) electrons. The number of carbonyl (C=O) groups excluding carboxylic acids is 4. The highest BCUT2D eigenvalue weighted by Crippen LogP contribution is 2.43. The van der Waals surface area contributed by atoms with Gasteiger partial charge in [0.15, 0.2) is 5.76 Å². The minimum atomic E-state index is -1.10. The largest absolute Gasteiger partial charge is 0.464 e. The Bertz CT molecular complexity index is 1150. The summed E-state index contributed by atoms with van der Waals surface area (Å²) in [6.45, 7) is 0.173. The Kier molecular flexibility index (Phi) is 8.21. The number of imide groups is 1. The Morgan fingerprint density at radius 1 is 1.15 bits per heavy atom. The lowest BCUT2D eigenvalue weighted by Gasteiger charge is -2.13. The number of nitrogens with two attached hydrogens (primary N) is 1. The van der Waals surface area contributed by atoms with Crippen LogP contribution in [0.2, 0.25) is 5.02 Å². The summed E-state index contributed by atoms with van der Waals surface area (Å²) < 4.78 is 34.3. The minimum absolute atomic E-state index is 0.0130. The second-order valence-corrected chi connectivity index (χ2v) is 7.87. The van der Waals surface area contributed by atoms with Gasteiger partial charge in [-0.2, -0.15) is 0 Å². The van der Waals surface area contributed by atoms with Crippen LogP contribution in [0.4, 0.5) is 14.9 Å². The number of ether oxygens (including phenoxy) is 4. The smallest absolute Gasteiger partial charge is 0.334 e. The van der Waals surface area contributed by atoms with Gasteiger partial charge in [-0.15, -0.1) is 11.3 Å². The number of thiophene rings is 1. The van der Waals surface area contributed by atoms with E-state index in [1.54, 1.807) is 24.4 Å². The molecule has 1 aromatic heterocycles. The average Bonchev–Trinajstić information content (AvgIpc) is 3.39. The van der Waals surface area contributed by atoms with E-state index in [1.165, 1.54) is 11.3 Å². The van der Waals surface area contributed by atoms with E-state index in [0.717, 1.165) is 12.1 Å². The average molecular weight is 513 g/mol. The van der Waals surface area contributed by atoms with Gasteiger partial charge < -0.3 is 24.7 Å². The highest BCUT2D eigenvalue weighted by atomic mass is 35.5. The van der Waals surface area contributed by atoms with Gasteiger partial charge in [-0.25, -0.2) is 23.7 Å². The molecule has 2 N–H and O–H groups in total. The Morgan fingerprint density at radius 2 is 1.85 bits per heavy atom. The van der Waals surface area contributed by atoms with Crippen LogP contribution < -0.4 is 10.6 Å². The maximum absolute atomic E-state index is 14.2. The monoisotopic (exact) mass is 512 g/mol. The van der Waals surface area contributed by atoms with Gasteiger partial charge in [0, 0.05) is 5.56 Å². The fourth-order valence-corrected chi connectivity index (χ4v) is 3.87. The summed E-state index contributed by atoms with van der Waals surface area (Å²) in [4.78, 5) is 49.2. The molecule has 2 heterocycles. The fraction of sp³-hybridized carbons (Fsp3) is 0.238. The molecule has 1 aliphatic heterocycles. The number of hydrogen-bond donors (Lipinski definition) is 1. The zero-order chi connectivity index (χ0) is 24.8. The lowest BCUT2D eigenvalue weighted by molar-refractivity contribution is -0.160. The number of carbonyl (C=O) groups is 4. The highest BCUT2D eigenvalue weighted by Gasteiger charge is 2.40. The number of urea groups is 1. The molecule has 1 aliphatic rings. The molecule has 0 fully saturated rings. The van der Waals surface area contributed by atoms with Gasteiger partial charge in [-0.1, -0.05) is 17.7 Å². The number of primary amides is 1. The normalized spacial score (nSPS) is 14.0. The standard InChI is InChI=1S/C21H18ClFN2O8S/c1-2-31-16(26)8-30-9-17(27)32-10-33-19(15-4-3-5-34-15)18-11-6-13(23)12(22)7-14(11)25(20(18)28)21(24)29/h3-7H,2,8-10H2,1H3,(H2,24,29). The molecular formula is C21H18ClFN2O8S. The van der Waals surface area contributed by atoms with Gasteiger partial charge in [0.25, 0.3) is 5.91 Å². The van der Waals surface area contributed by atoms with Crippen molar-refractivity contribution in [3.63, 3.8) is 0 Å². The first-order valence-electron chi connectivity index (χ1n) is 9.67. The number of halogens is 2. The molecule has 180 valence electrons. The first kappa shape index (κ1) is 25.1. The van der Waals surface area contributed by atoms with Crippen molar-refractivity contribution in [1.29, 1.82) is 0 Å². The third-order valence-electron chi connectivity index (χ3n) is 4.33. The second-order valence-electron chi connectivity index (χ2n) is 6.52. The van der Waals surface area contributed by atoms with E-state index in [9.17, 15) is 23.6 Å². The molecule has 0 bridgehead atoms. The lowest BCUT2D eigenvalue weighted by atomic mass is 10.0. The molecule has 3 amide bonds. The lowest BCUT2D eigenvalue weighted by Crippen LogP contribution is -2.38. The number of nitrogens with zero attached hydrogens (tertiary/aromatic N) is 1. The summed E-state index contributed by atoms with van der Waals surface area (Å²) in [6.07, 6.45) is 0. The molecule has 1 aromatic carbocycles. The maximum atomic E-state index is 14.2. The maximum Gasteiger partial charge on any atom is 0.334 e. The number of esters is 2. The molecule has 0 unspecified atom stereocenters. The molecule has 2 aromatic rings. The van der Waals surface area contributed by atoms with Crippen LogP contribution in [0.15, 0.2) is 29.6 Å². The van der Waals surface area contributed by atoms with E-state index >= 15 is 0 Å². The van der Waals surface area contributed by atoms with Gasteiger partial charge in [0.05, 0.1) is 27.8 Å². The number of amides is 3. The Morgan fingerprint density at radius 3 is 2.47 bits per heavy atom. The molecule has 10 nitrogen and oxygen atoms in total. The van der Waals surface area contributed by atoms with Crippen LogP contribution in [-0.4, -0.2) is 50.5 Å². The zero-order valence-corrected chi connectivity index (χ0v) is 19.2. The summed E-state index contributed by atoms with van der Waals surface area (Å²) in [7, 11) is 0. The number of fused-ring (bicyclic) bond motifs is 1. The van der Waals surface area contributed by atoms with Crippen molar-refractivity contribution < 1.29 is 42.5 Å². The summed E-state index contributed by atoms with van der Waals surface area (Å²) in [5.41, 5.74) is 5.20. The molecule has 3 rings (SSSR count). The third-order valence-corrected chi connectivity index (χ3v) is 5.48. The van der Waals surface area contributed by atoms with E-state index in [0.29, 0.717) is 9.78 Å². The van der Waals surface area contributed by atoms with Crippen LogP contribution in [0.25, 0.3) is 11.3 Å². The molecule has 0 saturated carbocycles. The van der Waals surface area contributed by atoms with E-state index < -0.39 is 49.7 Å². The first-order chi connectivity index (χ1) is 16.2. The third kappa shape index (κ3) is 5.53. The van der Waals surface area contributed by atoms with E-state index in [4.69, 9.17) is 31.5 Å². The quantitative estimate of drug-likeness (QED) is 0.234. The molecule has 0 spiro atoms. The second kappa shape index (κ2) is 11.1. The Labute approximate surface area is 201 Å². The molecule has 0 atom stereocenters. The number of benzene rings is 1. The highest BCUT2D eigenvalue weighted by molar-refractivity contribution is 7.11. The van der Waals surface area contributed by atoms with Gasteiger partial charge >= 0.3 is 18.0 Å². The number of hydrogen-bond acceptors (Lipinski definition) is 9. The van der Waals surface area contributed by atoms with Crippen molar-refractivity contribution in [1.82, 2.24) is 0 Å². The fourth-order valence-electron chi connectivity index (χ4n) is 2.99. The van der Waals surface area contributed by atoms with Crippen molar-refractivity contribution in [2.75, 3.05) is 31.5 Å². The van der Waals surface area contributed by atoms with Crippen LogP contribution in [0.1, 0.15) is 17.4 Å². The van der Waals surface area contributed by atoms with Crippen LogP contribution >= 0.6 is 22.9 Å². The topological polar surface area (TPSA) is 134 Å². The van der Waals surface area contributed by atoms with Gasteiger partial charge in [-0.3, -0.25) is 4.79 Å². The van der Waals surface area contributed by atoms with Crippen molar-refractivity contribution >= 4 is 63.8 Å². The van der Waals surface area contributed by atoms with E-state index in [1.807, 2.05) is 0 Å². The Balaban J connectivity index is 1.83. The first-order valence-corrected chi connectivity index (χ1v) is 10.9. The predicted octanol–water partition coefficient (Wildman–Crippen LogP) is 2.93. The van der Waals surface area contributed by atoms with Crippen LogP contribution in [-0.2, 0) is 33.3 Å². The number of anilines is 1. The molecule has 0 saturated heterocycles. The number of rotatable bonds is 9. The SMILES string of the molecule is CCOC(=O)COCC(=O)OCOC(=C1C(=O)N(C(N)=O)c2cc(Cl)c(F)cc21)c1cccs1. The Hall–Kier alpha value is -3.48. The molecule has 13 heteroatoms. The van der Waals surface area contributed by atoms with Crippen molar-refractivity contribution in [2.24, 2.45) is 5.73 Å². The van der Waals surface area contributed by atoms with E-state index in [-0.39, 0.29) is 34.2 Å². The van der Waals surface area contributed by atoms with Crippen molar-refractivity contribution in [3.05, 3.63) is 50.9 Å². The minimum Gasteiger partial charge on any atom is -0.464 e. The van der Waals surface area contributed by atoms with Crippen molar-refractivity contribution in [3.8, 4) is 0 Å². The molecular weight excluding hydrogens is 495 g/mol.